The van der Waals surface area contributed by atoms with Crippen LogP contribution in [-0.4, -0.2) is 35.4 Å². The standard InChI is InChI=1S/C17H15FN2O3/c1-23-17(22)14-9-19-8-11-10-20(7-6-12(11)14)16(21)13-4-2-3-5-15(13)18/h2-5,8-9H,6-7,10H2,1H3. The van der Waals surface area contributed by atoms with Crippen molar-refractivity contribution in [3.63, 3.8) is 0 Å². The maximum absolute atomic E-state index is 13.8. The van der Waals surface area contributed by atoms with Gasteiger partial charge in [-0.25, -0.2) is 9.18 Å². The van der Waals surface area contributed by atoms with Gasteiger partial charge in [-0.05, 0) is 29.7 Å². The van der Waals surface area contributed by atoms with Gasteiger partial charge in [0.1, 0.15) is 5.82 Å². The SMILES string of the molecule is COC(=O)c1cncc2c1CCN(C(=O)c1ccccc1F)C2. The smallest absolute Gasteiger partial charge is 0.339 e. The Labute approximate surface area is 132 Å². The lowest BCUT2D eigenvalue weighted by atomic mass is 9.96. The summed E-state index contributed by atoms with van der Waals surface area (Å²) >= 11 is 0. The van der Waals surface area contributed by atoms with Crippen molar-refractivity contribution in [2.24, 2.45) is 0 Å². The Morgan fingerprint density at radius 3 is 2.74 bits per heavy atom. The molecule has 0 radical (unpaired) electrons. The lowest BCUT2D eigenvalue weighted by molar-refractivity contribution is 0.0598. The van der Waals surface area contributed by atoms with E-state index in [0.29, 0.717) is 25.1 Å². The van der Waals surface area contributed by atoms with Crippen LogP contribution in [0.5, 0.6) is 0 Å². The number of nitrogens with zero attached hydrogens (tertiary/aromatic N) is 2. The van der Waals surface area contributed by atoms with E-state index in [1.54, 1.807) is 23.2 Å². The summed E-state index contributed by atoms with van der Waals surface area (Å²) in [5, 5.41) is 0. The molecule has 1 aromatic carbocycles. The summed E-state index contributed by atoms with van der Waals surface area (Å²) in [6, 6.07) is 5.91. The monoisotopic (exact) mass is 314 g/mol. The van der Waals surface area contributed by atoms with E-state index in [9.17, 15) is 14.0 Å². The predicted molar refractivity (Wildman–Crippen MR) is 80.4 cm³/mol. The maximum Gasteiger partial charge on any atom is 0.339 e. The normalized spacial score (nSPS) is 13.4. The van der Waals surface area contributed by atoms with Gasteiger partial charge in [0.2, 0.25) is 0 Å². The number of benzene rings is 1. The number of carbonyl (C=O) groups is 2. The Kier molecular flexibility index (Phi) is 4.06. The molecule has 1 aliphatic heterocycles. The van der Waals surface area contributed by atoms with Gasteiger partial charge >= 0.3 is 5.97 Å². The third-order valence-corrected chi connectivity index (χ3v) is 3.94. The van der Waals surface area contributed by atoms with Crippen LogP contribution in [0.25, 0.3) is 0 Å². The van der Waals surface area contributed by atoms with Gasteiger partial charge in [0, 0.05) is 25.5 Å². The first-order chi connectivity index (χ1) is 11.1. The van der Waals surface area contributed by atoms with Crippen molar-refractivity contribution in [2.75, 3.05) is 13.7 Å². The van der Waals surface area contributed by atoms with E-state index in [2.05, 4.69) is 4.98 Å². The molecule has 3 rings (SSSR count). The van der Waals surface area contributed by atoms with E-state index in [0.717, 1.165) is 11.1 Å². The van der Waals surface area contributed by atoms with E-state index in [-0.39, 0.29) is 11.5 Å². The molecule has 0 unspecified atom stereocenters. The highest BCUT2D eigenvalue weighted by Crippen LogP contribution is 2.24. The zero-order valence-corrected chi connectivity index (χ0v) is 12.6. The molecule has 0 bridgehead atoms. The first kappa shape index (κ1) is 15.1. The van der Waals surface area contributed by atoms with E-state index in [1.807, 2.05) is 0 Å². The van der Waals surface area contributed by atoms with Crippen molar-refractivity contribution in [3.05, 3.63) is 64.7 Å². The molecule has 0 aliphatic carbocycles. The number of hydrogen-bond acceptors (Lipinski definition) is 4. The Balaban J connectivity index is 1.88. The number of pyridine rings is 1. The summed E-state index contributed by atoms with van der Waals surface area (Å²) in [6.45, 7) is 0.703. The molecule has 0 N–H and O–H groups in total. The molecule has 0 fully saturated rings. The minimum Gasteiger partial charge on any atom is -0.465 e. The largest absolute Gasteiger partial charge is 0.465 e. The highest BCUT2D eigenvalue weighted by Gasteiger charge is 2.26. The summed E-state index contributed by atoms with van der Waals surface area (Å²) in [4.78, 5) is 29.9. The molecule has 118 valence electrons. The number of halogens is 1. The number of esters is 1. The van der Waals surface area contributed by atoms with Gasteiger partial charge in [-0.15, -0.1) is 0 Å². The average Bonchev–Trinajstić information content (AvgIpc) is 2.60. The summed E-state index contributed by atoms with van der Waals surface area (Å²) in [5.74, 6) is -1.34. The van der Waals surface area contributed by atoms with Crippen LogP contribution in [-0.2, 0) is 17.7 Å². The predicted octanol–water partition coefficient (Wildman–Crippen LogP) is 2.21. The van der Waals surface area contributed by atoms with Crippen molar-refractivity contribution in [1.82, 2.24) is 9.88 Å². The van der Waals surface area contributed by atoms with E-state index in [1.165, 1.54) is 25.4 Å². The molecule has 0 saturated heterocycles. The van der Waals surface area contributed by atoms with Crippen LogP contribution in [0.2, 0.25) is 0 Å². The second-order valence-corrected chi connectivity index (χ2v) is 5.27. The number of carbonyl (C=O) groups excluding carboxylic acids is 2. The van der Waals surface area contributed by atoms with Crippen molar-refractivity contribution in [3.8, 4) is 0 Å². The molecule has 1 amide bonds. The number of amides is 1. The second kappa shape index (κ2) is 6.16. The summed E-state index contributed by atoms with van der Waals surface area (Å²) in [6.07, 6.45) is 3.60. The molecule has 23 heavy (non-hydrogen) atoms. The van der Waals surface area contributed by atoms with Crippen molar-refractivity contribution < 1.29 is 18.7 Å². The average molecular weight is 314 g/mol. The Bertz CT molecular complexity index is 776. The first-order valence-electron chi connectivity index (χ1n) is 7.19. The Morgan fingerprint density at radius 1 is 1.22 bits per heavy atom. The van der Waals surface area contributed by atoms with Crippen LogP contribution in [0, 0.1) is 5.82 Å². The van der Waals surface area contributed by atoms with Crippen LogP contribution in [0.4, 0.5) is 4.39 Å². The van der Waals surface area contributed by atoms with Crippen LogP contribution < -0.4 is 0 Å². The van der Waals surface area contributed by atoms with Crippen molar-refractivity contribution >= 4 is 11.9 Å². The maximum atomic E-state index is 13.8. The zero-order chi connectivity index (χ0) is 16.4. The minimum absolute atomic E-state index is 0.0491. The Hall–Kier alpha value is -2.76. The molecular weight excluding hydrogens is 299 g/mol. The van der Waals surface area contributed by atoms with Crippen molar-refractivity contribution in [2.45, 2.75) is 13.0 Å². The molecule has 0 saturated carbocycles. The molecule has 0 atom stereocenters. The van der Waals surface area contributed by atoms with Crippen molar-refractivity contribution in [1.29, 1.82) is 0 Å². The minimum atomic E-state index is -0.537. The quantitative estimate of drug-likeness (QED) is 0.797. The number of hydrogen-bond donors (Lipinski definition) is 0. The zero-order valence-electron chi connectivity index (χ0n) is 12.6. The number of methoxy groups -OCH3 is 1. The topological polar surface area (TPSA) is 59.5 Å². The van der Waals surface area contributed by atoms with Crippen LogP contribution in [0.3, 0.4) is 0 Å². The van der Waals surface area contributed by atoms with Gasteiger partial charge in [0.25, 0.3) is 5.91 Å². The highest BCUT2D eigenvalue weighted by atomic mass is 19.1. The molecule has 5 nitrogen and oxygen atoms in total. The van der Waals surface area contributed by atoms with Gasteiger partial charge in [-0.2, -0.15) is 0 Å². The van der Waals surface area contributed by atoms with Gasteiger partial charge in [0.05, 0.1) is 18.2 Å². The number of ether oxygens (including phenoxy) is 1. The van der Waals surface area contributed by atoms with Gasteiger partial charge in [-0.3, -0.25) is 9.78 Å². The van der Waals surface area contributed by atoms with Crippen LogP contribution >= 0.6 is 0 Å². The Morgan fingerprint density at radius 2 is 2.00 bits per heavy atom. The van der Waals surface area contributed by atoms with Gasteiger partial charge in [0.15, 0.2) is 0 Å². The molecular formula is C17H15FN2O3. The number of aromatic nitrogens is 1. The lowest BCUT2D eigenvalue weighted by Crippen LogP contribution is -2.37. The molecule has 2 aromatic rings. The van der Waals surface area contributed by atoms with E-state index >= 15 is 0 Å². The fourth-order valence-electron chi connectivity index (χ4n) is 2.76. The first-order valence-corrected chi connectivity index (χ1v) is 7.19. The molecule has 2 heterocycles. The third-order valence-electron chi connectivity index (χ3n) is 3.94. The van der Waals surface area contributed by atoms with E-state index < -0.39 is 11.8 Å². The molecule has 0 spiro atoms. The van der Waals surface area contributed by atoms with Gasteiger partial charge in [-0.1, -0.05) is 12.1 Å². The second-order valence-electron chi connectivity index (χ2n) is 5.27. The molecule has 1 aliphatic rings. The summed E-state index contributed by atoms with van der Waals surface area (Å²) in [5.41, 5.74) is 2.09. The highest BCUT2D eigenvalue weighted by molar-refractivity contribution is 5.95. The molecule has 6 heteroatoms. The number of rotatable bonds is 2. The summed E-state index contributed by atoms with van der Waals surface area (Å²) < 4.78 is 18.5. The van der Waals surface area contributed by atoms with Crippen LogP contribution in [0.15, 0.2) is 36.7 Å². The van der Waals surface area contributed by atoms with E-state index in [4.69, 9.17) is 4.74 Å². The van der Waals surface area contributed by atoms with Gasteiger partial charge < -0.3 is 9.64 Å². The molecule has 1 aromatic heterocycles. The third kappa shape index (κ3) is 2.79. The summed E-state index contributed by atoms with van der Waals surface area (Å²) in [7, 11) is 1.32. The fraction of sp³-hybridized carbons (Fsp3) is 0.235. The van der Waals surface area contributed by atoms with Crippen LogP contribution in [0.1, 0.15) is 31.8 Å². The lowest BCUT2D eigenvalue weighted by Gasteiger charge is -2.29. The fourth-order valence-corrected chi connectivity index (χ4v) is 2.76. The number of fused-ring (bicyclic) bond motifs is 1.